The van der Waals surface area contributed by atoms with Crippen molar-refractivity contribution in [2.75, 3.05) is 13.1 Å². The van der Waals surface area contributed by atoms with Crippen LogP contribution in [-0.2, 0) is 26.1 Å². The number of carbonyl (C=O) groups excluding carboxylic acids is 1. The highest BCUT2D eigenvalue weighted by molar-refractivity contribution is 7.91. The van der Waals surface area contributed by atoms with Crippen LogP contribution in [0.4, 0.5) is 0 Å². The van der Waals surface area contributed by atoms with Crippen molar-refractivity contribution in [2.45, 2.75) is 42.0 Å². The van der Waals surface area contributed by atoms with E-state index in [0.717, 1.165) is 16.9 Å². The third-order valence-corrected chi connectivity index (χ3v) is 9.41. The van der Waals surface area contributed by atoms with Gasteiger partial charge in [-0.05, 0) is 62.1 Å². The number of thiophene rings is 1. The molecule has 32 heavy (non-hydrogen) atoms. The summed E-state index contributed by atoms with van der Waals surface area (Å²) in [7, 11) is -3.58. The standard InChI is InChI=1S/C21H23Cl2N3O4S2/c1-14(12-15-2-4-16(22)5-3-15)24-20(27)17-13-21(30-25-17)8-10-26(11-9-21)32(28,29)19-7-6-18(23)31-19/h2-7,13-14,25H,8-12H2,1H3,(H,24,27). The van der Waals surface area contributed by atoms with E-state index in [1.165, 1.54) is 10.4 Å². The van der Waals surface area contributed by atoms with Gasteiger partial charge >= 0.3 is 0 Å². The van der Waals surface area contributed by atoms with E-state index in [4.69, 9.17) is 28.0 Å². The number of benzene rings is 1. The lowest BCUT2D eigenvalue weighted by atomic mass is 9.92. The lowest BCUT2D eigenvalue weighted by Gasteiger charge is -2.35. The lowest BCUT2D eigenvalue weighted by molar-refractivity contribution is -0.120. The van der Waals surface area contributed by atoms with Gasteiger partial charge < -0.3 is 5.32 Å². The number of rotatable bonds is 6. The summed E-state index contributed by atoms with van der Waals surface area (Å²) < 4.78 is 27.7. The molecule has 1 fully saturated rings. The fraction of sp³-hybridized carbons (Fsp3) is 0.381. The highest BCUT2D eigenvalue weighted by Crippen LogP contribution is 2.35. The van der Waals surface area contributed by atoms with Crippen LogP contribution >= 0.6 is 34.5 Å². The van der Waals surface area contributed by atoms with Gasteiger partial charge in [-0.25, -0.2) is 8.42 Å². The van der Waals surface area contributed by atoms with Gasteiger partial charge in [-0.15, -0.1) is 11.3 Å². The minimum absolute atomic E-state index is 0.0902. The van der Waals surface area contributed by atoms with Gasteiger partial charge in [0.05, 0.1) is 4.34 Å². The summed E-state index contributed by atoms with van der Waals surface area (Å²) in [6.45, 7) is 2.51. The average Bonchev–Trinajstić information content (AvgIpc) is 3.37. The van der Waals surface area contributed by atoms with Crippen molar-refractivity contribution in [1.82, 2.24) is 15.1 Å². The number of piperidine rings is 1. The first-order valence-corrected chi connectivity index (χ1v) is 13.2. The molecule has 0 radical (unpaired) electrons. The van der Waals surface area contributed by atoms with Crippen LogP contribution < -0.4 is 10.8 Å². The Kier molecular flexibility index (Phi) is 6.86. The largest absolute Gasteiger partial charge is 0.348 e. The number of carbonyl (C=O) groups is 1. The first-order chi connectivity index (χ1) is 15.2. The molecule has 7 nitrogen and oxygen atoms in total. The molecule has 0 aliphatic carbocycles. The zero-order valence-corrected chi connectivity index (χ0v) is 20.5. The fourth-order valence-corrected chi connectivity index (χ4v) is 7.04. The van der Waals surface area contributed by atoms with Crippen LogP contribution in [0.15, 0.2) is 52.4 Å². The summed E-state index contributed by atoms with van der Waals surface area (Å²) in [6, 6.07) is 10.5. The van der Waals surface area contributed by atoms with Crippen LogP contribution in [0, 0.1) is 0 Å². The molecule has 3 heterocycles. The van der Waals surface area contributed by atoms with E-state index < -0.39 is 15.6 Å². The van der Waals surface area contributed by atoms with Crippen molar-refractivity contribution < 1.29 is 18.0 Å². The molecular weight excluding hydrogens is 493 g/mol. The average molecular weight is 516 g/mol. The Bertz CT molecular complexity index is 1120. The summed E-state index contributed by atoms with van der Waals surface area (Å²) in [4.78, 5) is 18.4. The number of hydrogen-bond donors (Lipinski definition) is 2. The van der Waals surface area contributed by atoms with E-state index in [-0.39, 0.29) is 29.2 Å². The molecule has 1 aromatic heterocycles. The summed E-state index contributed by atoms with van der Waals surface area (Å²) in [5, 5.41) is 3.64. The van der Waals surface area contributed by atoms with Gasteiger partial charge in [-0.3, -0.25) is 15.1 Å². The Morgan fingerprint density at radius 2 is 1.91 bits per heavy atom. The number of amides is 1. The van der Waals surface area contributed by atoms with Crippen LogP contribution in [0.25, 0.3) is 0 Å². The van der Waals surface area contributed by atoms with Crippen molar-refractivity contribution >= 4 is 50.5 Å². The SMILES string of the molecule is CC(Cc1ccc(Cl)cc1)NC(=O)C1=CC2(CCN(S(=O)(=O)c3ccc(Cl)s3)CC2)ON1. The second-order valence-corrected chi connectivity index (χ2v) is 12.3. The van der Waals surface area contributed by atoms with Crippen LogP contribution in [0.1, 0.15) is 25.3 Å². The molecular formula is C21H23Cl2N3O4S2. The molecule has 2 N–H and O–H groups in total. The van der Waals surface area contributed by atoms with Gasteiger partial charge in [0, 0.05) is 24.2 Å². The number of nitrogens with one attached hydrogen (secondary N) is 2. The molecule has 172 valence electrons. The zero-order chi connectivity index (χ0) is 22.9. The smallest absolute Gasteiger partial charge is 0.269 e. The second kappa shape index (κ2) is 9.32. The Balaban J connectivity index is 1.34. The minimum Gasteiger partial charge on any atom is -0.348 e. The molecule has 2 aromatic rings. The second-order valence-electron chi connectivity index (χ2n) is 7.99. The van der Waals surface area contributed by atoms with Gasteiger partial charge in [-0.2, -0.15) is 4.31 Å². The summed E-state index contributed by atoms with van der Waals surface area (Å²) in [5.41, 5.74) is 3.44. The lowest BCUT2D eigenvalue weighted by Crippen LogP contribution is -2.46. The van der Waals surface area contributed by atoms with Crippen molar-refractivity contribution in [3.8, 4) is 0 Å². The highest BCUT2D eigenvalue weighted by Gasteiger charge is 2.43. The van der Waals surface area contributed by atoms with Crippen molar-refractivity contribution in [3.05, 3.63) is 63.1 Å². The van der Waals surface area contributed by atoms with E-state index in [2.05, 4.69) is 10.8 Å². The van der Waals surface area contributed by atoms with E-state index in [9.17, 15) is 13.2 Å². The number of hydroxylamine groups is 1. The summed E-state index contributed by atoms with van der Waals surface area (Å²) >= 11 is 12.9. The number of nitrogens with zero attached hydrogens (tertiary/aromatic N) is 1. The first kappa shape index (κ1) is 23.5. The molecule has 4 rings (SSSR count). The monoisotopic (exact) mass is 515 g/mol. The van der Waals surface area contributed by atoms with Crippen molar-refractivity contribution in [3.63, 3.8) is 0 Å². The van der Waals surface area contributed by atoms with Gasteiger partial charge in [0.25, 0.3) is 15.9 Å². The molecule has 2 aliphatic rings. The molecule has 1 aromatic carbocycles. The molecule has 1 atom stereocenters. The van der Waals surface area contributed by atoms with Crippen molar-refractivity contribution in [1.29, 1.82) is 0 Å². The predicted molar refractivity (Wildman–Crippen MR) is 125 cm³/mol. The Morgan fingerprint density at radius 1 is 1.22 bits per heavy atom. The van der Waals surface area contributed by atoms with E-state index in [0.29, 0.717) is 34.3 Å². The summed E-state index contributed by atoms with van der Waals surface area (Å²) in [5.74, 6) is -0.258. The van der Waals surface area contributed by atoms with Crippen molar-refractivity contribution in [2.24, 2.45) is 0 Å². The quantitative estimate of drug-likeness (QED) is 0.611. The Labute approximate surface area is 201 Å². The topological polar surface area (TPSA) is 87.7 Å². The Morgan fingerprint density at radius 3 is 2.53 bits per heavy atom. The maximum atomic E-state index is 12.8. The van der Waals surface area contributed by atoms with Gasteiger partial charge in [0.1, 0.15) is 15.5 Å². The Hall–Kier alpha value is -1.62. The minimum atomic E-state index is -3.58. The van der Waals surface area contributed by atoms with Crippen LogP contribution in [-0.4, -0.2) is 43.4 Å². The van der Waals surface area contributed by atoms with Gasteiger partial charge in [-0.1, -0.05) is 35.3 Å². The third-order valence-electron chi connectivity index (χ3n) is 5.56. The van der Waals surface area contributed by atoms with E-state index in [1.807, 2.05) is 31.2 Å². The predicted octanol–water partition coefficient (Wildman–Crippen LogP) is 3.74. The first-order valence-electron chi connectivity index (χ1n) is 10.1. The normalized spacial score (nSPS) is 19.4. The number of halogens is 2. The maximum absolute atomic E-state index is 12.8. The molecule has 1 amide bonds. The molecule has 1 saturated heterocycles. The molecule has 1 spiro atoms. The van der Waals surface area contributed by atoms with Crippen LogP contribution in [0.3, 0.4) is 0 Å². The molecule has 1 unspecified atom stereocenters. The van der Waals surface area contributed by atoms with E-state index in [1.54, 1.807) is 12.1 Å². The van der Waals surface area contributed by atoms with Gasteiger partial charge in [0.2, 0.25) is 0 Å². The molecule has 11 heteroatoms. The van der Waals surface area contributed by atoms with E-state index >= 15 is 0 Å². The third kappa shape index (κ3) is 5.13. The molecule has 2 aliphatic heterocycles. The fourth-order valence-electron chi connectivity index (χ4n) is 3.83. The molecule has 0 bridgehead atoms. The van der Waals surface area contributed by atoms with Gasteiger partial charge in [0.15, 0.2) is 0 Å². The zero-order valence-electron chi connectivity index (χ0n) is 17.3. The van der Waals surface area contributed by atoms with Crippen LogP contribution in [0.5, 0.6) is 0 Å². The number of hydrogen-bond acceptors (Lipinski definition) is 6. The van der Waals surface area contributed by atoms with Crippen LogP contribution in [0.2, 0.25) is 9.36 Å². The number of sulfonamides is 1. The molecule has 0 saturated carbocycles. The highest BCUT2D eigenvalue weighted by atomic mass is 35.5. The summed E-state index contributed by atoms with van der Waals surface area (Å²) in [6.07, 6.45) is 3.32. The maximum Gasteiger partial charge on any atom is 0.269 e.